The van der Waals surface area contributed by atoms with Crippen LogP contribution in [0.1, 0.15) is 15.9 Å². The fraction of sp³-hybridized carbons (Fsp3) is 0. The van der Waals surface area contributed by atoms with Gasteiger partial charge in [-0.15, -0.1) is 0 Å². The first-order valence-electron chi connectivity index (χ1n) is 5.28. The van der Waals surface area contributed by atoms with Crippen molar-refractivity contribution in [2.75, 3.05) is 0 Å². The largest absolute Gasteiger partial charge is 0.506 e. The van der Waals surface area contributed by atoms with Gasteiger partial charge in [0.25, 0.3) is 0 Å². The van der Waals surface area contributed by atoms with E-state index in [1.165, 1.54) is 24.5 Å². The Labute approximate surface area is 113 Å². The van der Waals surface area contributed by atoms with Gasteiger partial charge < -0.3 is 5.11 Å². The molecule has 1 aromatic carbocycles. The number of nitrogens with zero attached hydrogens (tertiary/aromatic N) is 1. The van der Waals surface area contributed by atoms with Crippen molar-refractivity contribution in [1.29, 1.82) is 0 Å². The molecule has 1 heterocycles. The second-order valence-electron chi connectivity index (χ2n) is 3.64. The van der Waals surface area contributed by atoms with Crippen molar-refractivity contribution in [2.45, 2.75) is 0 Å². The number of aromatic hydroxyl groups is 1. The molecule has 90 valence electrons. The molecule has 0 radical (unpaired) electrons. The number of aromatic nitrogens is 1. The van der Waals surface area contributed by atoms with Gasteiger partial charge in [0.05, 0.1) is 11.8 Å². The van der Waals surface area contributed by atoms with Gasteiger partial charge in [-0.25, -0.2) is 0 Å². The van der Waals surface area contributed by atoms with Gasteiger partial charge in [0.15, 0.2) is 5.78 Å². The lowest BCUT2D eigenvalue weighted by molar-refractivity contribution is 0.104. The molecule has 0 bridgehead atoms. The number of allylic oxidation sites excluding steroid dienone is 1. The van der Waals surface area contributed by atoms with Gasteiger partial charge in [-0.3, -0.25) is 9.78 Å². The molecule has 0 saturated heterocycles. The molecule has 4 heteroatoms. The average Bonchev–Trinajstić information content (AvgIpc) is 2.38. The molecule has 0 unspecified atom stereocenters. The van der Waals surface area contributed by atoms with Crippen molar-refractivity contribution in [3.8, 4) is 5.75 Å². The minimum absolute atomic E-state index is 0.108. The molecule has 0 atom stereocenters. The minimum atomic E-state index is -0.252. The zero-order valence-electron chi connectivity index (χ0n) is 9.38. The molecule has 0 aliphatic heterocycles. The maximum Gasteiger partial charge on any atom is 0.189 e. The van der Waals surface area contributed by atoms with Gasteiger partial charge >= 0.3 is 0 Å². The highest BCUT2D eigenvalue weighted by molar-refractivity contribution is 9.10. The molecule has 0 aliphatic rings. The Morgan fingerprint density at radius 3 is 2.61 bits per heavy atom. The summed E-state index contributed by atoms with van der Waals surface area (Å²) >= 11 is 3.34. The number of benzene rings is 1. The number of halogens is 1. The Bertz CT molecular complexity index is 591. The summed E-state index contributed by atoms with van der Waals surface area (Å²) in [5, 5.41) is 9.49. The van der Waals surface area contributed by atoms with Gasteiger partial charge in [-0.05, 0) is 29.8 Å². The Balaban J connectivity index is 2.17. The molecular formula is C14H10BrNO2. The highest BCUT2D eigenvalue weighted by Gasteiger charge is 2.06. The number of pyridine rings is 1. The smallest absolute Gasteiger partial charge is 0.189 e. The first kappa shape index (κ1) is 12.5. The zero-order valence-corrected chi connectivity index (χ0v) is 11.0. The molecular weight excluding hydrogens is 294 g/mol. The van der Waals surface area contributed by atoms with Crippen LogP contribution in [0.5, 0.6) is 5.75 Å². The number of rotatable bonds is 3. The lowest BCUT2D eigenvalue weighted by Crippen LogP contribution is -1.94. The normalized spacial score (nSPS) is 10.7. The molecule has 2 rings (SSSR count). The van der Waals surface area contributed by atoms with E-state index in [4.69, 9.17) is 0 Å². The van der Waals surface area contributed by atoms with Crippen LogP contribution in [0, 0.1) is 0 Å². The predicted octanol–water partition coefficient (Wildman–Crippen LogP) is 3.45. The van der Waals surface area contributed by atoms with Crippen molar-refractivity contribution in [1.82, 2.24) is 4.98 Å². The van der Waals surface area contributed by atoms with E-state index in [1.807, 2.05) is 24.3 Å². The predicted molar refractivity (Wildman–Crippen MR) is 73.4 cm³/mol. The van der Waals surface area contributed by atoms with E-state index >= 15 is 0 Å². The second kappa shape index (κ2) is 5.60. The van der Waals surface area contributed by atoms with E-state index in [9.17, 15) is 9.90 Å². The summed E-state index contributed by atoms with van der Waals surface area (Å²) in [5.74, 6) is -0.360. The van der Waals surface area contributed by atoms with Gasteiger partial charge in [-0.2, -0.15) is 0 Å². The van der Waals surface area contributed by atoms with Crippen LogP contribution < -0.4 is 0 Å². The van der Waals surface area contributed by atoms with Crippen LogP contribution in [-0.4, -0.2) is 15.9 Å². The summed E-state index contributed by atoms with van der Waals surface area (Å²) in [5.41, 5.74) is 1.17. The molecule has 18 heavy (non-hydrogen) atoms. The fourth-order valence-corrected chi connectivity index (χ4v) is 1.69. The van der Waals surface area contributed by atoms with Crippen molar-refractivity contribution < 1.29 is 9.90 Å². The molecule has 0 saturated carbocycles. The van der Waals surface area contributed by atoms with Crippen molar-refractivity contribution in [3.63, 3.8) is 0 Å². The van der Waals surface area contributed by atoms with E-state index in [-0.39, 0.29) is 17.1 Å². The molecule has 1 aromatic heterocycles. The SMILES string of the molecule is O=C(C=Cc1ccc(Br)cc1)c1ccncc1O. The summed E-state index contributed by atoms with van der Waals surface area (Å²) < 4.78 is 0.984. The van der Waals surface area contributed by atoms with Crippen molar-refractivity contribution in [3.05, 3.63) is 64.4 Å². The summed E-state index contributed by atoms with van der Waals surface area (Å²) in [6, 6.07) is 9.06. The molecule has 0 spiro atoms. The highest BCUT2D eigenvalue weighted by atomic mass is 79.9. The van der Waals surface area contributed by atoms with E-state index in [0.717, 1.165) is 10.0 Å². The van der Waals surface area contributed by atoms with Gasteiger partial charge in [0, 0.05) is 10.7 Å². The van der Waals surface area contributed by atoms with Crippen LogP contribution in [0.3, 0.4) is 0 Å². The lowest BCUT2D eigenvalue weighted by atomic mass is 10.1. The summed E-state index contributed by atoms with van der Waals surface area (Å²) in [6.45, 7) is 0. The topological polar surface area (TPSA) is 50.2 Å². The highest BCUT2D eigenvalue weighted by Crippen LogP contribution is 2.16. The van der Waals surface area contributed by atoms with Crippen LogP contribution in [-0.2, 0) is 0 Å². The first-order chi connectivity index (χ1) is 8.66. The van der Waals surface area contributed by atoms with Crippen LogP contribution >= 0.6 is 15.9 Å². The maximum atomic E-state index is 11.8. The third-order valence-electron chi connectivity index (χ3n) is 2.36. The van der Waals surface area contributed by atoms with E-state index in [0.29, 0.717) is 0 Å². The number of hydrogen-bond donors (Lipinski definition) is 1. The van der Waals surface area contributed by atoms with Crippen LogP contribution in [0.4, 0.5) is 0 Å². The van der Waals surface area contributed by atoms with E-state index in [1.54, 1.807) is 6.08 Å². The zero-order chi connectivity index (χ0) is 13.0. The first-order valence-corrected chi connectivity index (χ1v) is 6.07. The lowest BCUT2D eigenvalue weighted by Gasteiger charge is -1.98. The number of carbonyl (C=O) groups is 1. The number of carbonyl (C=O) groups excluding carboxylic acids is 1. The summed E-state index contributed by atoms with van der Waals surface area (Å²) in [4.78, 5) is 15.5. The minimum Gasteiger partial charge on any atom is -0.506 e. The van der Waals surface area contributed by atoms with Crippen LogP contribution in [0.2, 0.25) is 0 Å². The Kier molecular flexibility index (Phi) is 3.89. The third kappa shape index (κ3) is 3.05. The van der Waals surface area contributed by atoms with Crippen LogP contribution in [0.15, 0.2) is 53.3 Å². The van der Waals surface area contributed by atoms with E-state index < -0.39 is 0 Å². The quantitative estimate of drug-likeness (QED) is 0.698. The standard InChI is InChI=1S/C14H10BrNO2/c15-11-4-1-10(2-5-11)3-6-13(17)12-7-8-16-9-14(12)18/h1-9,18H. The fourth-order valence-electron chi connectivity index (χ4n) is 1.43. The Hall–Kier alpha value is -1.94. The third-order valence-corrected chi connectivity index (χ3v) is 2.89. The molecule has 1 N–H and O–H groups in total. The van der Waals surface area contributed by atoms with Gasteiger partial charge in [-0.1, -0.05) is 34.1 Å². The van der Waals surface area contributed by atoms with Gasteiger partial charge in [0.2, 0.25) is 0 Å². The number of hydrogen-bond acceptors (Lipinski definition) is 3. The summed E-state index contributed by atoms with van der Waals surface area (Å²) in [7, 11) is 0. The molecule has 0 amide bonds. The second-order valence-corrected chi connectivity index (χ2v) is 4.56. The van der Waals surface area contributed by atoms with Crippen LogP contribution in [0.25, 0.3) is 6.08 Å². The average molecular weight is 304 g/mol. The number of ketones is 1. The Morgan fingerprint density at radius 2 is 1.94 bits per heavy atom. The molecule has 0 aliphatic carbocycles. The van der Waals surface area contributed by atoms with Gasteiger partial charge in [0.1, 0.15) is 5.75 Å². The van der Waals surface area contributed by atoms with Crippen molar-refractivity contribution in [2.24, 2.45) is 0 Å². The van der Waals surface area contributed by atoms with E-state index in [2.05, 4.69) is 20.9 Å². The Morgan fingerprint density at radius 1 is 1.22 bits per heavy atom. The maximum absolute atomic E-state index is 11.8. The molecule has 3 nitrogen and oxygen atoms in total. The molecule has 2 aromatic rings. The van der Waals surface area contributed by atoms with Crippen molar-refractivity contribution >= 4 is 27.8 Å². The monoisotopic (exact) mass is 303 g/mol. The molecule has 0 fully saturated rings. The summed E-state index contributed by atoms with van der Waals surface area (Å²) in [6.07, 6.45) is 5.86.